The highest BCUT2D eigenvalue weighted by atomic mass is 32.1. The van der Waals surface area contributed by atoms with Gasteiger partial charge in [0.25, 0.3) is 5.91 Å². The zero-order chi connectivity index (χ0) is 18.4. The summed E-state index contributed by atoms with van der Waals surface area (Å²) in [7, 11) is 2.16. The van der Waals surface area contributed by atoms with Gasteiger partial charge in [0.05, 0.1) is 4.88 Å². The number of thiophene rings is 1. The number of hydrogen-bond donors (Lipinski definition) is 1. The highest BCUT2D eigenvalue weighted by Gasteiger charge is 2.32. The van der Waals surface area contributed by atoms with Gasteiger partial charge in [-0.15, -0.1) is 11.3 Å². The average Bonchev–Trinajstić information content (AvgIpc) is 3.20. The molecule has 26 heavy (non-hydrogen) atoms. The summed E-state index contributed by atoms with van der Waals surface area (Å²) in [6.07, 6.45) is 3.71. The third-order valence-electron chi connectivity index (χ3n) is 5.34. The van der Waals surface area contributed by atoms with Gasteiger partial charge in [0.1, 0.15) is 6.04 Å². The van der Waals surface area contributed by atoms with Crippen LogP contribution in [0.5, 0.6) is 0 Å². The Kier molecular flexibility index (Phi) is 7.05. The van der Waals surface area contributed by atoms with Crippen molar-refractivity contribution < 1.29 is 9.59 Å². The van der Waals surface area contributed by atoms with Crippen LogP contribution in [0.3, 0.4) is 0 Å². The second-order valence-corrected chi connectivity index (χ2v) is 8.22. The molecule has 0 aromatic carbocycles. The molecule has 144 valence electrons. The first-order valence-electron chi connectivity index (χ1n) is 9.68. The molecule has 0 radical (unpaired) electrons. The van der Waals surface area contributed by atoms with Crippen molar-refractivity contribution in [1.82, 2.24) is 20.0 Å². The minimum atomic E-state index is -0.318. The molecule has 0 spiro atoms. The smallest absolute Gasteiger partial charge is 0.264 e. The Bertz CT molecular complexity index is 584. The Morgan fingerprint density at radius 2 is 2.00 bits per heavy atom. The lowest BCUT2D eigenvalue weighted by atomic mass is 10.0. The van der Waals surface area contributed by atoms with Crippen LogP contribution in [0.25, 0.3) is 0 Å². The first-order valence-corrected chi connectivity index (χ1v) is 10.6. The molecule has 2 aliphatic rings. The SMILES string of the molecule is CN1CCN(CCCNC(=O)C2CCCCN2C(=O)c2cccs2)CC1. The molecule has 2 saturated heterocycles. The Balaban J connectivity index is 1.44. The summed E-state index contributed by atoms with van der Waals surface area (Å²) in [6, 6.07) is 3.41. The van der Waals surface area contributed by atoms with Crippen LogP contribution in [0.1, 0.15) is 35.4 Å². The van der Waals surface area contributed by atoms with Crippen molar-refractivity contribution in [3.8, 4) is 0 Å². The topological polar surface area (TPSA) is 55.9 Å². The van der Waals surface area contributed by atoms with Gasteiger partial charge < -0.3 is 20.0 Å². The predicted molar refractivity (Wildman–Crippen MR) is 105 cm³/mol. The third-order valence-corrected chi connectivity index (χ3v) is 6.20. The molecule has 2 fully saturated rings. The van der Waals surface area contributed by atoms with Crippen molar-refractivity contribution in [2.45, 2.75) is 31.7 Å². The van der Waals surface area contributed by atoms with Gasteiger partial charge in [-0.05, 0) is 50.7 Å². The largest absolute Gasteiger partial charge is 0.354 e. The highest BCUT2D eigenvalue weighted by molar-refractivity contribution is 7.12. The number of piperidine rings is 1. The maximum atomic E-state index is 12.7. The Morgan fingerprint density at radius 1 is 1.19 bits per heavy atom. The van der Waals surface area contributed by atoms with E-state index in [-0.39, 0.29) is 17.9 Å². The first-order chi connectivity index (χ1) is 12.6. The third kappa shape index (κ3) is 5.05. The predicted octanol–water partition coefficient (Wildman–Crippen LogP) is 1.50. The maximum absolute atomic E-state index is 12.7. The number of amides is 2. The zero-order valence-electron chi connectivity index (χ0n) is 15.7. The van der Waals surface area contributed by atoms with Gasteiger partial charge >= 0.3 is 0 Å². The molecule has 1 unspecified atom stereocenters. The second-order valence-electron chi connectivity index (χ2n) is 7.28. The molecule has 2 amide bonds. The fourth-order valence-electron chi connectivity index (χ4n) is 3.69. The van der Waals surface area contributed by atoms with Crippen LogP contribution < -0.4 is 5.32 Å². The molecule has 3 heterocycles. The number of carbonyl (C=O) groups excluding carboxylic acids is 2. The van der Waals surface area contributed by atoms with Gasteiger partial charge in [0, 0.05) is 39.3 Å². The van der Waals surface area contributed by atoms with Crippen LogP contribution >= 0.6 is 11.3 Å². The standard InChI is InChI=1S/C19H30N4O2S/c1-21-11-13-22(14-12-21)9-5-8-20-18(24)16-6-2-3-10-23(16)19(25)17-7-4-15-26-17/h4,7,15-16H,2-3,5-6,8-14H2,1H3,(H,20,24). The molecule has 1 atom stereocenters. The van der Waals surface area contributed by atoms with Crippen LogP contribution in [0.2, 0.25) is 0 Å². The van der Waals surface area contributed by atoms with Crippen molar-refractivity contribution in [3.63, 3.8) is 0 Å². The molecule has 1 aromatic rings. The van der Waals surface area contributed by atoms with Gasteiger partial charge in [-0.1, -0.05) is 6.07 Å². The Labute approximate surface area is 160 Å². The van der Waals surface area contributed by atoms with Crippen molar-refractivity contribution >= 4 is 23.2 Å². The molecule has 0 aliphatic carbocycles. The Morgan fingerprint density at radius 3 is 2.73 bits per heavy atom. The van der Waals surface area contributed by atoms with E-state index in [0.717, 1.165) is 63.3 Å². The average molecular weight is 379 g/mol. The number of piperazine rings is 1. The normalized spacial score (nSPS) is 22.3. The highest BCUT2D eigenvalue weighted by Crippen LogP contribution is 2.21. The molecule has 1 N–H and O–H groups in total. The quantitative estimate of drug-likeness (QED) is 0.762. The lowest BCUT2D eigenvalue weighted by Gasteiger charge is -2.34. The van der Waals surface area contributed by atoms with Crippen LogP contribution in [0.4, 0.5) is 0 Å². The molecule has 1 aromatic heterocycles. The van der Waals surface area contributed by atoms with Crippen LogP contribution in [0.15, 0.2) is 17.5 Å². The van der Waals surface area contributed by atoms with Gasteiger partial charge in [0.15, 0.2) is 0 Å². The van der Waals surface area contributed by atoms with E-state index in [9.17, 15) is 9.59 Å². The van der Waals surface area contributed by atoms with E-state index < -0.39 is 0 Å². The first kappa shape index (κ1) is 19.3. The number of likely N-dealkylation sites (tertiary alicyclic amines) is 1. The molecule has 2 aliphatic heterocycles. The summed E-state index contributed by atoms with van der Waals surface area (Å²) < 4.78 is 0. The number of hydrogen-bond acceptors (Lipinski definition) is 5. The van der Waals surface area contributed by atoms with E-state index in [0.29, 0.717) is 13.1 Å². The Hall–Kier alpha value is -1.44. The number of rotatable bonds is 6. The van der Waals surface area contributed by atoms with E-state index in [1.54, 1.807) is 4.90 Å². The van der Waals surface area contributed by atoms with Gasteiger partial charge in [-0.3, -0.25) is 9.59 Å². The minimum absolute atomic E-state index is 0.00251. The van der Waals surface area contributed by atoms with Gasteiger partial charge in [-0.2, -0.15) is 0 Å². The molecular formula is C19H30N4O2S. The van der Waals surface area contributed by atoms with Gasteiger partial charge in [-0.25, -0.2) is 0 Å². The summed E-state index contributed by atoms with van der Waals surface area (Å²) in [5.74, 6) is 0.00488. The fraction of sp³-hybridized carbons (Fsp3) is 0.684. The van der Waals surface area contributed by atoms with E-state index in [4.69, 9.17) is 0 Å². The monoisotopic (exact) mass is 378 g/mol. The van der Waals surface area contributed by atoms with E-state index in [2.05, 4.69) is 22.2 Å². The number of carbonyl (C=O) groups is 2. The summed E-state index contributed by atoms with van der Waals surface area (Å²) in [5.41, 5.74) is 0. The summed E-state index contributed by atoms with van der Waals surface area (Å²) in [6.45, 7) is 6.84. The molecular weight excluding hydrogens is 348 g/mol. The number of likely N-dealkylation sites (N-methyl/N-ethyl adjacent to an activating group) is 1. The molecule has 6 nitrogen and oxygen atoms in total. The maximum Gasteiger partial charge on any atom is 0.264 e. The van der Waals surface area contributed by atoms with Crippen LogP contribution in [0, 0.1) is 0 Å². The minimum Gasteiger partial charge on any atom is -0.354 e. The summed E-state index contributed by atoms with van der Waals surface area (Å²) in [5, 5.41) is 4.97. The van der Waals surface area contributed by atoms with Crippen LogP contribution in [-0.4, -0.2) is 85.4 Å². The number of nitrogens with zero attached hydrogens (tertiary/aromatic N) is 3. The lowest BCUT2D eigenvalue weighted by Crippen LogP contribution is -2.52. The van der Waals surface area contributed by atoms with Crippen molar-refractivity contribution in [2.24, 2.45) is 0 Å². The van der Waals surface area contributed by atoms with Crippen molar-refractivity contribution in [2.75, 3.05) is 52.9 Å². The van der Waals surface area contributed by atoms with Crippen molar-refractivity contribution in [3.05, 3.63) is 22.4 Å². The van der Waals surface area contributed by atoms with Crippen LogP contribution in [-0.2, 0) is 4.79 Å². The molecule has 0 saturated carbocycles. The molecule has 0 bridgehead atoms. The lowest BCUT2D eigenvalue weighted by molar-refractivity contribution is -0.126. The van der Waals surface area contributed by atoms with E-state index in [1.807, 2.05) is 17.5 Å². The molecule has 7 heteroatoms. The summed E-state index contributed by atoms with van der Waals surface area (Å²) in [4.78, 5) is 32.6. The van der Waals surface area contributed by atoms with E-state index >= 15 is 0 Å². The molecule has 3 rings (SSSR count). The number of nitrogens with one attached hydrogen (secondary N) is 1. The summed E-state index contributed by atoms with van der Waals surface area (Å²) >= 11 is 1.44. The van der Waals surface area contributed by atoms with E-state index in [1.165, 1.54) is 11.3 Å². The van der Waals surface area contributed by atoms with Gasteiger partial charge in [0.2, 0.25) is 5.91 Å². The fourth-order valence-corrected chi connectivity index (χ4v) is 4.37. The van der Waals surface area contributed by atoms with Crippen molar-refractivity contribution in [1.29, 1.82) is 0 Å². The zero-order valence-corrected chi connectivity index (χ0v) is 16.5. The second kappa shape index (κ2) is 9.48.